The molecule has 122 valence electrons. The zero-order valence-corrected chi connectivity index (χ0v) is 12.7. The first kappa shape index (κ1) is 16.4. The molecule has 0 aromatic carbocycles. The summed E-state index contributed by atoms with van der Waals surface area (Å²) in [6, 6.07) is 1.76. The second-order valence-corrected chi connectivity index (χ2v) is 4.90. The van der Waals surface area contributed by atoms with Crippen molar-refractivity contribution in [1.82, 2.24) is 18.7 Å². The summed E-state index contributed by atoms with van der Waals surface area (Å²) >= 11 is 0. The Hall–Kier alpha value is -2.96. The van der Waals surface area contributed by atoms with Crippen molar-refractivity contribution in [3.63, 3.8) is 0 Å². The minimum absolute atomic E-state index is 0.0412. The van der Waals surface area contributed by atoms with E-state index in [0.717, 1.165) is 15.3 Å². The smallest absolute Gasteiger partial charge is 0.332 e. The third kappa shape index (κ3) is 2.73. The fourth-order valence-electron chi connectivity index (χ4n) is 2.31. The molecule has 8 nitrogen and oxygen atoms in total. The number of aromatic nitrogens is 4. The van der Waals surface area contributed by atoms with Gasteiger partial charge in [0.2, 0.25) is 0 Å². The number of halogens is 2. The van der Waals surface area contributed by atoms with Crippen LogP contribution in [0.4, 0.5) is 14.6 Å². The van der Waals surface area contributed by atoms with Crippen LogP contribution in [0.2, 0.25) is 0 Å². The molecule has 0 spiro atoms. The van der Waals surface area contributed by atoms with E-state index in [9.17, 15) is 23.6 Å². The quantitative estimate of drug-likeness (QED) is 0.801. The van der Waals surface area contributed by atoms with Gasteiger partial charge in [-0.2, -0.15) is 14.0 Å². The fraction of sp³-hybridized carbons (Fsp3) is 0.385. The van der Waals surface area contributed by atoms with Crippen LogP contribution < -0.4 is 16.1 Å². The SMILES string of the molecule is CN(Cc1nccn1C(F)F)c1c(C#N)c(=O)n(C)c(=O)n1C. The lowest BCUT2D eigenvalue weighted by Crippen LogP contribution is -2.41. The molecule has 0 fully saturated rings. The Kier molecular flexibility index (Phi) is 4.31. The van der Waals surface area contributed by atoms with Gasteiger partial charge in [-0.05, 0) is 0 Å². The largest absolute Gasteiger partial charge is 0.352 e. The average Bonchev–Trinajstić information content (AvgIpc) is 2.96. The van der Waals surface area contributed by atoms with Crippen LogP contribution in [-0.4, -0.2) is 25.7 Å². The van der Waals surface area contributed by atoms with Crippen LogP contribution in [0.3, 0.4) is 0 Å². The van der Waals surface area contributed by atoms with Gasteiger partial charge in [-0.25, -0.2) is 9.78 Å². The number of rotatable bonds is 4. The maximum Gasteiger partial charge on any atom is 0.332 e. The molecule has 0 radical (unpaired) electrons. The Morgan fingerprint density at radius 1 is 1.35 bits per heavy atom. The number of nitrogens with zero attached hydrogens (tertiary/aromatic N) is 6. The van der Waals surface area contributed by atoms with Crippen LogP contribution in [0.25, 0.3) is 0 Å². The van der Waals surface area contributed by atoms with Crippen molar-refractivity contribution in [1.29, 1.82) is 5.26 Å². The van der Waals surface area contributed by atoms with Crippen molar-refractivity contribution < 1.29 is 8.78 Å². The maximum atomic E-state index is 12.9. The first-order valence-corrected chi connectivity index (χ1v) is 6.50. The van der Waals surface area contributed by atoms with Crippen molar-refractivity contribution in [2.75, 3.05) is 11.9 Å². The second-order valence-electron chi connectivity index (χ2n) is 4.90. The van der Waals surface area contributed by atoms with Gasteiger partial charge in [-0.1, -0.05) is 0 Å². The predicted molar refractivity (Wildman–Crippen MR) is 77.2 cm³/mol. The lowest BCUT2D eigenvalue weighted by atomic mass is 10.3. The Balaban J connectivity index is 2.54. The van der Waals surface area contributed by atoms with Gasteiger partial charge in [0.25, 0.3) is 5.56 Å². The molecule has 0 bridgehead atoms. The van der Waals surface area contributed by atoms with Crippen LogP contribution in [-0.2, 0) is 20.6 Å². The van der Waals surface area contributed by atoms with Crippen molar-refractivity contribution in [3.05, 3.63) is 44.6 Å². The van der Waals surface area contributed by atoms with Gasteiger partial charge in [0.15, 0.2) is 5.56 Å². The number of nitriles is 1. The van der Waals surface area contributed by atoms with Crippen molar-refractivity contribution in [2.45, 2.75) is 13.1 Å². The average molecular weight is 324 g/mol. The molecule has 0 amide bonds. The summed E-state index contributed by atoms with van der Waals surface area (Å²) in [5.74, 6) is 0.0870. The Morgan fingerprint density at radius 3 is 2.57 bits per heavy atom. The van der Waals surface area contributed by atoms with Gasteiger partial charge in [-0.15, -0.1) is 0 Å². The van der Waals surface area contributed by atoms with Crippen molar-refractivity contribution >= 4 is 5.82 Å². The van der Waals surface area contributed by atoms with E-state index in [0.29, 0.717) is 4.57 Å². The van der Waals surface area contributed by atoms with Crippen molar-refractivity contribution in [2.24, 2.45) is 14.1 Å². The summed E-state index contributed by atoms with van der Waals surface area (Å²) < 4.78 is 28.3. The van der Waals surface area contributed by atoms with Crippen LogP contribution in [0.1, 0.15) is 17.9 Å². The molecular formula is C13H14F2N6O2. The highest BCUT2D eigenvalue weighted by molar-refractivity contribution is 5.52. The van der Waals surface area contributed by atoms with Gasteiger partial charge < -0.3 is 4.90 Å². The number of hydrogen-bond donors (Lipinski definition) is 0. The van der Waals surface area contributed by atoms with Crippen LogP contribution in [0, 0.1) is 11.3 Å². The monoisotopic (exact) mass is 324 g/mol. The lowest BCUT2D eigenvalue weighted by molar-refractivity contribution is 0.0670. The standard InChI is InChI=1S/C13H14F2N6O2/c1-18(7-9-17-4-5-21(9)12(14)15)10-8(6-16)11(22)20(3)13(23)19(10)2/h4-5,12H,7H2,1-3H3. The van der Waals surface area contributed by atoms with Gasteiger partial charge in [0.05, 0.1) is 6.54 Å². The van der Waals surface area contributed by atoms with Gasteiger partial charge in [0, 0.05) is 33.5 Å². The zero-order valence-electron chi connectivity index (χ0n) is 12.7. The summed E-state index contributed by atoms with van der Waals surface area (Å²) in [7, 11) is 4.15. The van der Waals surface area contributed by atoms with E-state index >= 15 is 0 Å². The lowest BCUT2D eigenvalue weighted by Gasteiger charge is -2.23. The van der Waals surface area contributed by atoms with E-state index < -0.39 is 17.8 Å². The molecule has 0 saturated heterocycles. The Labute approximate surface area is 129 Å². The molecule has 0 unspecified atom stereocenters. The topological polar surface area (TPSA) is 88.8 Å². The number of imidazole rings is 1. The summed E-state index contributed by atoms with van der Waals surface area (Å²) in [4.78, 5) is 29.2. The summed E-state index contributed by atoms with van der Waals surface area (Å²) in [5, 5.41) is 9.21. The fourth-order valence-corrected chi connectivity index (χ4v) is 2.31. The molecule has 0 aliphatic rings. The molecule has 2 aromatic rings. The third-order valence-corrected chi connectivity index (χ3v) is 3.44. The van der Waals surface area contributed by atoms with Crippen LogP contribution >= 0.6 is 0 Å². The molecule has 0 N–H and O–H groups in total. The molecule has 2 rings (SSSR count). The number of hydrogen-bond acceptors (Lipinski definition) is 5. The van der Waals surface area contributed by atoms with Crippen LogP contribution in [0.15, 0.2) is 22.0 Å². The molecular weight excluding hydrogens is 310 g/mol. The van der Waals surface area contributed by atoms with E-state index in [2.05, 4.69) is 4.98 Å². The van der Waals surface area contributed by atoms with E-state index in [1.165, 1.54) is 32.2 Å². The molecule has 2 heterocycles. The van der Waals surface area contributed by atoms with Gasteiger partial charge in [-0.3, -0.25) is 18.5 Å². The van der Waals surface area contributed by atoms with Gasteiger partial charge >= 0.3 is 12.2 Å². The number of alkyl halides is 2. The minimum Gasteiger partial charge on any atom is -0.352 e. The molecule has 0 aliphatic heterocycles. The van der Waals surface area contributed by atoms with Gasteiger partial charge in [0.1, 0.15) is 17.7 Å². The molecule has 0 saturated carbocycles. The van der Waals surface area contributed by atoms with E-state index in [1.54, 1.807) is 6.07 Å². The minimum atomic E-state index is -2.76. The van der Waals surface area contributed by atoms with Crippen molar-refractivity contribution in [3.8, 4) is 6.07 Å². The molecule has 0 atom stereocenters. The normalized spacial score (nSPS) is 10.8. The Bertz CT molecular complexity index is 889. The molecule has 2 aromatic heterocycles. The van der Waals surface area contributed by atoms with E-state index in [1.807, 2.05) is 0 Å². The number of anilines is 1. The zero-order chi connectivity index (χ0) is 17.3. The highest BCUT2D eigenvalue weighted by Crippen LogP contribution is 2.18. The van der Waals surface area contributed by atoms with E-state index in [-0.39, 0.29) is 23.8 Å². The molecule has 10 heteroatoms. The summed E-state index contributed by atoms with van der Waals surface area (Å²) in [6.07, 6.45) is 2.35. The highest BCUT2D eigenvalue weighted by atomic mass is 19.3. The molecule has 0 aliphatic carbocycles. The summed E-state index contributed by atoms with van der Waals surface area (Å²) in [6.45, 7) is -2.87. The van der Waals surface area contributed by atoms with Crippen LogP contribution in [0.5, 0.6) is 0 Å². The van der Waals surface area contributed by atoms with E-state index in [4.69, 9.17) is 0 Å². The third-order valence-electron chi connectivity index (χ3n) is 3.44. The summed E-state index contributed by atoms with van der Waals surface area (Å²) in [5.41, 5.74) is -1.60. The first-order valence-electron chi connectivity index (χ1n) is 6.50. The molecule has 23 heavy (non-hydrogen) atoms. The maximum absolute atomic E-state index is 12.9. The first-order chi connectivity index (χ1) is 10.8. The predicted octanol–water partition coefficient (Wildman–Crippen LogP) is 0.184. The highest BCUT2D eigenvalue weighted by Gasteiger charge is 2.21. The second kappa shape index (κ2) is 6.04. The Morgan fingerprint density at radius 2 is 2.00 bits per heavy atom.